The maximum Gasteiger partial charge on any atom is 0.0547 e. The number of nitrogens with zero attached hydrogens (tertiary/aromatic N) is 2. The Morgan fingerprint density at radius 2 is 0.830 bits per heavy atom. The predicted octanol–water partition coefficient (Wildman–Crippen LogP) is 13.6. The Morgan fingerprint density at radius 1 is 0.302 bits per heavy atom. The molecule has 11 aromatic rings. The van der Waals surface area contributed by atoms with E-state index in [0.29, 0.717) is 0 Å². The summed E-state index contributed by atoms with van der Waals surface area (Å²) in [5, 5.41) is 12.9. The highest BCUT2D eigenvalue weighted by Crippen LogP contribution is 2.51. The molecule has 12 rings (SSSR count). The van der Waals surface area contributed by atoms with Crippen LogP contribution in [0.3, 0.4) is 0 Å². The van der Waals surface area contributed by atoms with Crippen molar-refractivity contribution in [2.75, 3.05) is 0 Å². The van der Waals surface area contributed by atoms with Gasteiger partial charge in [-0.1, -0.05) is 123 Å². The van der Waals surface area contributed by atoms with E-state index in [2.05, 4.69) is 193 Å². The van der Waals surface area contributed by atoms with E-state index in [1.54, 1.807) is 0 Å². The van der Waals surface area contributed by atoms with Crippen molar-refractivity contribution in [3.63, 3.8) is 0 Å². The van der Waals surface area contributed by atoms with Crippen LogP contribution in [0.1, 0.15) is 25.0 Å². The molecule has 2 heterocycles. The summed E-state index contributed by atoms with van der Waals surface area (Å²) in [4.78, 5) is 0. The Hall–Kier alpha value is -6.64. The standard InChI is InChI=1S/C51H34N2/c1-51(2)45-22-12-10-20-37(45)41-28-44-43-27-39-35-18-8-6-16-33(35)34-17-7-9-19-36(34)40(39)29-49(43)53(50(44)30-46(41)51)32-24-25-48-42(26-32)38-21-11-13-23-47(38)52(48)31-14-4-3-5-15-31/h3-30H,1-2H3. The van der Waals surface area contributed by atoms with Crippen molar-refractivity contribution in [2.45, 2.75) is 19.3 Å². The van der Waals surface area contributed by atoms with E-state index in [9.17, 15) is 0 Å². The lowest BCUT2D eigenvalue weighted by Crippen LogP contribution is -2.14. The van der Waals surface area contributed by atoms with Crippen LogP contribution in [0.5, 0.6) is 0 Å². The van der Waals surface area contributed by atoms with Gasteiger partial charge in [-0.05, 0) is 115 Å². The lowest BCUT2D eigenvalue weighted by Gasteiger charge is -2.21. The highest BCUT2D eigenvalue weighted by atomic mass is 15.0. The van der Waals surface area contributed by atoms with Gasteiger partial charge < -0.3 is 9.13 Å². The summed E-state index contributed by atoms with van der Waals surface area (Å²) in [5.74, 6) is 0. The monoisotopic (exact) mass is 674 g/mol. The summed E-state index contributed by atoms with van der Waals surface area (Å²) >= 11 is 0. The van der Waals surface area contributed by atoms with Gasteiger partial charge in [-0.2, -0.15) is 0 Å². The van der Waals surface area contributed by atoms with Crippen LogP contribution in [-0.2, 0) is 5.41 Å². The Bertz CT molecular complexity index is 3360. The molecule has 0 fully saturated rings. The Morgan fingerprint density at radius 3 is 1.58 bits per heavy atom. The van der Waals surface area contributed by atoms with E-state index in [1.165, 1.54) is 110 Å². The lowest BCUT2D eigenvalue weighted by molar-refractivity contribution is 0.661. The molecule has 0 saturated carbocycles. The SMILES string of the molecule is CC1(C)c2ccccc2-c2cc3c4cc5c6ccccc6c6ccccc6c5cc4n(-c4ccc5c(c4)c4ccccc4n5-c4ccccc4)c3cc21. The van der Waals surface area contributed by atoms with Gasteiger partial charge >= 0.3 is 0 Å². The van der Waals surface area contributed by atoms with Gasteiger partial charge in [0.05, 0.1) is 22.1 Å². The quantitative estimate of drug-likeness (QED) is 0.162. The summed E-state index contributed by atoms with van der Waals surface area (Å²) < 4.78 is 4.94. The Kier molecular flexibility index (Phi) is 5.60. The third-order valence-electron chi connectivity index (χ3n) is 12.3. The molecule has 1 aliphatic carbocycles. The average molecular weight is 675 g/mol. The highest BCUT2D eigenvalue weighted by molar-refractivity contribution is 6.29. The smallest absolute Gasteiger partial charge is 0.0547 e. The molecule has 2 nitrogen and oxygen atoms in total. The van der Waals surface area contributed by atoms with Crippen molar-refractivity contribution in [1.29, 1.82) is 0 Å². The van der Waals surface area contributed by atoms with Crippen molar-refractivity contribution >= 4 is 75.9 Å². The number of benzene rings is 9. The minimum atomic E-state index is -0.106. The van der Waals surface area contributed by atoms with E-state index < -0.39 is 0 Å². The first-order valence-corrected chi connectivity index (χ1v) is 18.6. The number of para-hydroxylation sites is 2. The molecule has 0 amide bonds. The number of hydrogen-bond donors (Lipinski definition) is 0. The zero-order valence-corrected chi connectivity index (χ0v) is 29.6. The second-order valence-electron chi connectivity index (χ2n) is 15.3. The molecular formula is C51H34N2. The number of hydrogen-bond acceptors (Lipinski definition) is 0. The number of rotatable bonds is 2. The van der Waals surface area contributed by atoms with Gasteiger partial charge in [0.15, 0.2) is 0 Å². The molecule has 0 unspecified atom stereocenters. The normalized spacial score (nSPS) is 13.6. The minimum absolute atomic E-state index is 0.106. The number of aromatic nitrogens is 2. The van der Waals surface area contributed by atoms with Crippen molar-refractivity contribution in [2.24, 2.45) is 0 Å². The van der Waals surface area contributed by atoms with Crippen molar-refractivity contribution in [3.05, 3.63) is 181 Å². The van der Waals surface area contributed by atoms with E-state index in [0.717, 1.165) is 0 Å². The molecule has 2 aromatic heterocycles. The minimum Gasteiger partial charge on any atom is -0.309 e. The Balaban J connectivity index is 1.25. The average Bonchev–Trinajstić information content (AvgIpc) is 3.79. The van der Waals surface area contributed by atoms with Crippen molar-refractivity contribution in [3.8, 4) is 22.5 Å². The van der Waals surface area contributed by atoms with Crippen LogP contribution in [0.15, 0.2) is 170 Å². The summed E-state index contributed by atoms with van der Waals surface area (Å²) in [5.41, 5.74) is 12.6. The molecule has 53 heavy (non-hydrogen) atoms. The third kappa shape index (κ3) is 3.77. The van der Waals surface area contributed by atoms with E-state index in [1.807, 2.05) is 0 Å². The van der Waals surface area contributed by atoms with Crippen molar-refractivity contribution < 1.29 is 0 Å². The molecule has 0 N–H and O–H groups in total. The largest absolute Gasteiger partial charge is 0.309 e. The fourth-order valence-electron chi connectivity index (χ4n) is 9.84. The fraction of sp³-hybridized carbons (Fsp3) is 0.0588. The zero-order valence-electron chi connectivity index (χ0n) is 29.6. The second-order valence-corrected chi connectivity index (χ2v) is 15.3. The van der Waals surface area contributed by atoms with Gasteiger partial charge in [-0.15, -0.1) is 0 Å². The van der Waals surface area contributed by atoms with Crippen LogP contribution in [0.4, 0.5) is 0 Å². The second kappa shape index (κ2) is 10.2. The van der Waals surface area contributed by atoms with Gasteiger partial charge in [0.25, 0.3) is 0 Å². The maximum atomic E-state index is 2.54. The maximum absolute atomic E-state index is 2.54. The topological polar surface area (TPSA) is 9.86 Å². The first-order valence-electron chi connectivity index (χ1n) is 18.6. The van der Waals surface area contributed by atoms with Crippen molar-refractivity contribution in [1.82, 2.24) is 9.13 Å². The summed E-state index contributed by atoms with van der Waals surface area (Å²) in [6, 6.07) is 63.4. The third-order valence-corrected chi connectivity index (χ3v) is 12.3. The molecule has 248 valence electrons. The molecule has 0 radical (unpaired) electrons. The predicted molar refractivity (Wildman–Crippen MR) is 225 cm³/mol. The van der Waals surface area contributed by atoms with Crippen LogP contribution >= 0.6 is 0 Å². The molecular weight excluding hydrogens is 641 g/mol. The summed E-state index contributed by atoms with van der Waals surface area (Å²) in [7, 11) is 0. The summed E-state index contributed by atoms with van der Waals surface area (Å²) in [6.07, 6.45) is 0. The fourth-order valence-corrected chi connectivity index (χ4v) is 9.84. The Labute approximate surface area is 306 Å². The highest BCUT2D eigenvalue weighted by Gasteiger charge is 2.36. The number of fused-ring (bicyclic) bond motifs is 15. The zero-order chi connectivity index (χ0) is 35.0. The van der Waals surface area contributed by atoms with Crippen LogP contribution in [-0.4, -0.2) is 9.13 Å². The van der Waals surface area contributed by atoms with Crippen LogP contribution in [0, 0.1) is 0 Å². The van der Waals surface area contributed by atoms with Crippen LogP contribution < -0.4 is 0 Å². The van der Waals surface area contributed by atoms with E-state index in [4.69, 9.17) is 0 Å². The van der Waals surface area contributed by atoms with Gasteiger partial charge in [0.2, 0.25) is 0 Å². The molecule has 2 heteroatoms. The van der Waals surface area contributed by atoms with E-state index >= 15 is 0 Å². The van der Waals surface area contributed by atoms with Gasteiger partial charge in [0.1, 0.15) is 0 Å². The summed E-state index contributed by atoms with van der Waals surface area (Å²) in [6.45, 7) is 4.76. The van der Waals surface area contributed by atoms with E-state index in [-0.39, 0.29) is 5.41 Å². The van der Waals surface area contributed by atoms with Gasteiger partial charge in [0, 0.05) is 38.3 Å². The molecule has 0 atom stereocenters. The molecule has 0 spiro atoms. The molecule has 0 aliphatic heterocycles. The lowest BCUT2D eigenvalue weighted by atomic mass is 9.82. The molecule has 0 saturated heterocycles. The van der Waals surface area contributed by atoms with Gasteiger partial charge in [-0.25, -0.2) is 0 Å². The molecule has 1 aliphatic rings. The first kappa shape index (κ1) is 29.0. The van der Waals surface area contributed by atoms with Crippen LogP contribution in [0.2, 0.25) is 0 Å². The molecule has 9 aromatic carbocycles. The first-order chi connectivity index (χ1) is 26.1. The van der Waals surface area contributed by atoms with Gasteiger partial charge in [-0.3, -0.25) is 0 Å². The van der Waals surface area contributed by atoms with Crippen LogP contribution in [0.25, 0.3) is 98.4 Å². The molecule has 0 bridgehead atoms.